The first-order valence-corrected chi connectivity index (χ1v) is 9.16. The molecule has 150 valence electrons. The molecule has 0 amide bonds. The van der Waals surface area contributed by atoms with E-state index in [0.717, 1.165) is 19.5 Å². The van der Waals surface area contributed by atoms with E-state index in [-0.39, 0.29) is 42.9 Å². The van der Waals surface area contributed by atoms with Crippen molar-refractivity contribution in [3.63, 3.8) is 0 Å². The zero-order valence-electron chi connectivity index (χ0n) is 15.7. The number of unbranched alkanes of at least 4 members (excludes halogenated alkanes) is 1. The highest BCUT2D eigenvalue weighted by atomic mass is 127. The lowest BCUT2D eigenvalue weighted by Gasteiger charge is -2.32. The van der Waals surface area contributed by atoms with Crippen molar-refractivity contribution < 1.29 is 13.2 Å². The van der Waals surface area contributed by atoms with Gasteiger partial charge in [-0.25, -0.2) is 0 Å². The second kappa shape index (κ2) is 13.0. The van der Waals surface area contributed by atoms with Crippen LogP contribution in [0, 0.1) is 5.92 Å². The van der Waals surface area contributed by atoms with Crippen LogP contribution in [0.1, 0.15) is 52.4 Å². The van der Waals surface area contributed by atoms with Gasteiger partial charge in [-0.1, -0.05) is 19.8 Å². The average molecular weight is 478 g/mol. The van der Waals surface area contributed by atoms with Gasteiger partial charge in [-0.15, -0.1) is 24.0 Å². The molecule has 0 aromatic carbocycles. The van der Waals surface area contributed by atoms with E-state index >= 15 is 0 Å². The van der Waals surface area contributed by atoms with Crippen molar-refractivity contribution in [1.29, 1.82) is 0 Å². The Labute approximate surface area is 167 Å². The normalized spacial score (nSPS) is 21.8. The summed E-state index contributed by atoms with van der Waals surface area (Å²) in [5.74, 6) is -0.555. The minimum atomic E-state index is -4.09. The van der Waals surface area contributed by atoms with Crippen molar-refractivity contribution in [3.05, 3.63) is 0 Å². The van der Waals surface area contributed by atoms with Gasteiger partial charge >= 0.3 is 6.18 Å². The maximum absolute atomic E-state index is 12.9. The van der Waals surface area contributed by atoms with Crippen molar-refractivity contribution >= 4 is 29.9 Å². The van der Waals surface area contributed by atoms with Crippen LogP contribution in [0.4, 0.5) is 13.2 Å². The van der Waals surface area contributed by atoms with Crippen LogP contribution in [0.2, 0.25) is 0 Å². The Bertz CT molecular complexity index is 377. The Morgan fingerprint density at radius 2 is 1.92 bits per heavy atom. The monoisotopic (exact) mass is 478 g/mol. The molecule has 0 saturated heterocycles. The summed E-state index contributed by atoms with van der Waals surface area (Å²) in [6, 6.07) is -0.152. The number of hydrogen-bond acceptors (Lipinski definition) is 2. The van der Waals surface area contributed by atoms with Crippen molar-refractivity contribution in [2.24, 2.45) is 10.9 Å². The highest BCUT2D eigenvalue weighted by Gasteiger charge is 2.42. The molecule has 0 radical (unpaired) electrons. The zero-order valence-corrected chi connectivity index (χ0v) is 18.0. The number of nitrogens with one attached hydrogen (secondary N) is 2. The molecule has 2 atom stereocenters. The van der Waals surface area contributed by atoms with Crippen molar-refractivity contribution in [1.82, 2.24) is 15.5 Å². The summed E-state index contributed by atoms with van der Waals surface area (Å²) >= 11 is 0. The van der Waals surface area contributed by atoms with E-state index in [4.69, 9.17) is 0 Å². The smallest absolute Gasteiger partial charge is 0.357 e. The minimum absolute atomic E-state index is 0. The summed E-state index contributed by atoms with van der Waals surface area (Å²) in [6.07, 6.45) is 0.0213. The molecule has 2 unspecified atom stereocenters. The van der Waals surface area contributed by atoms with Crippen molar-refractivity contribution in [2.45, 2.75) is 64.6 Å². The Hall–Kier alpha value is -0.250. The van der Waals surface area contributed by atoms with Gasteiger partial charge in [-0.05, 0) is 46.2 Å². The molecule has 8 heteroatoms. The fourth-order valence-electron chi connectivity index (χ4n) is 3.00. The molecule has 25 heavy (non-hydrogen) atoms. The van der Waals surface area contributed by atoms with Gasteiger partial charge in [0.1, 0.15) is 0 Å². The predicted molar refractivity (Wildman–Crippen MR) is 109 cm³/mol. The Balaban J connectivity index is 0.00000576. The number of halogens is 4. The predicted octanol–water partition coefficient (Wildman–Crippen LogP) is 4.01. The van der Waals surface area contributed by atoms with Crippen LogP contribution in [-0.4, -0.2) is 56.3 Å². The number of rotatable bonds is 8. The molecule has 0 bridgehead atoms. The standard InChI is InChI=1S/C17H33F3N4.HI/c1-4-6-11-24(3)12-10-22-16(21-5-2)23-15-9-7-8-14(13-15)17(18,19)20;/h14-15H,4-13H2,1-3H3,(H2,21,22,23);1H. The molecule has 0 spiro atoms. The fraction of sp³-hybridized carbons (Fsp3) is 0.941. The maximum atomic E-state index is 12.9. The third kappa shape index (κ3) is 10.5. The quantitative estimate of drug-likeness (QED) is 0.315. The van der Waals surface area contributed by atoms with Crippen molar-refractivity contribution in [3.8, 4) is 0 Å². The maximum Gasteiger partial charge on any atom is 0.391 e. The topological polar surface area (TPSA) is 39.7 Å². The van der Waals surface area contributed by atoms with Gasteiger partial charge in [-0.2, -0.15) is 13.2 Å². The summed E-state index contributed by atoms with van der Waals surface area (Å²) < 4.78 is 38.7. The molecule has 1 fully saturated rings. The number of likely N-dealkylation sites (N-methyl/N-ethyl adjacent to an activating group) is 1. The van der Waals surface area contributed by atoms with Crippen LogP contribution < -0.4 is 10.6 Å². The second-order valence-corrected chi connectivity index (χ2v) is 6.66. The largest absolute Gasteiger partial charge is 0.391 e. The molecule has 1 saturated carbocycles. The first kappa shape index (κ1) is 24.8. The van der Waals surface area contributed by atoms with Gasteiger partial charge in [0.25, 0.3) is 0 Å². The number of aliphatic imine (C=N–C) groups is 1. The van der Waals surface area contributed by atoms with E-state index in [0.29, 0.717) is 25.5 Å². The molecule has 1 aliphatic carbocycles. The fourth-order valence-corrected chi connectivity index (χ4v) is 3.00. The average Bonchev–Trinajstić information content (AvgIpc) is 2.52. The molecular weight excluding hydrogens is 444 g/mol. The number of guanidine groups is 1. The SMILES string of the molecule is CCCCN(C)CCN=C(NCC)NC1CCCC(C(F)(F)F)C1.I. The van der Waals surface area contributed by atoms with Gasteiger partial charge in [0.05, 0.1) is 12.5 Å². The Morgan fingerprint density at radius 1 is 1.20 bits per heavy atom. The van der Waals surface area contributed by atoms with Crippen LogP contribution >= 0.6 is 24.0 Å². The number of hydrogen-bond donors (Lipinski definition) is 2. The molecule has 2 N–H and O–H groups in total. The molecule has 4 nitrogen and oxygen atoms in total. The minimum Gasteiger partial charge on any atom is -0.357 e. The molecule has 0 aromatic heterocycles. The van der Waals surface area contributed by atoms with E-state index in [2.05, 4.69) is 34.5 Å². The lowest BCUT2D eigenvalue weighted by molar-refractivity contribution is -0.183. The lowest BCUT2D eigenvalue weighted by Crippen LogP contribution is -2.47. The third-order valence-electron chi connectivity index (χ3n) is 4.47. The highest BCUT2D eigenvalue weighted by Crippen LogP contribution is 2.37. The van der Waals surface area contributed by atoms with Crippen LogP contribution in [0.15, 0.2) is 4.99 Å². The Kier molecular flexibility index (Phi) is 12.9. The van der Waals surface area contributed by atoms with Crippen molar-refractivity contribution in [2.75, 3.05) is 33.2 Å². The first-order chi connectivity index (χ1) is 11.4. The summed E-state index contributed by atoms with van der Waals surface area (Å²) in [4.78, 5) is 6.75. The highest BCUT2D eigenvalue weighted by molar-refractivity contribution is 14.0. The molecule has 0 aliphatic heterocycles. The molecule has 1 aliphatic rings. The van der Waals surface area contributed by atoms with Gasteiger partial charge in [0.2, 0.25) is 0 Å². The van der Waals surface area contributed by atoms with E-state index < -0.39 is 12.1 Å². The van der Waals surface area contributed by atoms with Crippen LogP contribution in [-0.2, 0) is 0 Å². The molecule has 0 heterocycles. The summed E-state index contributed by atoms with van der Waals surface area (Å²) in [5, 5.41) is 6.34. The van der Waals surface area contributed by atoms with E-state index in [1.165, 1.54) is 12.8 Å². The van der Waals surface area contributed by atoms with Gasteiger partial charge < -0.3 is 15.5 Å². The summed E-state index contributed by atoms with van der Waals surface area (Å²) in [5.41, 5.74) is 0. The molecular formula is C17H34F3IN4. The molecule has 0 aromatic rings. The third-order valence-corrected chi connectivity index (χ3v) is 4.47. The van der Waals surface area contributed by atoms with Gasteiger partial charge in [0, 0.05) is 19.1 Å². The van der Waals surface area contributed by atoms with Gasteiger partial charge in [0.15, 0.2) is 5.96 Å². The lowest BCUT2D eigenvalue weighted by atomic mass is 9.85. The van der Waals surface area contributed by atoms with Gasteiger partial charge in [-0.3, -0.25) is 4.99 Å². The van der Waals surface area contributed by atoms with Crippen LogP contribution in [0.3, 0.4) is 0 Å². The van der Waals surface area contributed by atoms with Crippen LogP contribution in [0.25, 0.3) is 0 Å². The van der Waals surface area contributed by atoms with E-state index in [1.807, 2.05) is 6.92 Å². The number of nitrogens with zero attached hydrogens (tertiary/aromatic N) is 2. The first-order valence-electron chi connectivity index (χ1n) is 9.16. The van der Waals surface area contributed by atoms with E-state index in [9.17, 15) is 13.2 Å². The number of alkyl halides is 3. The van der Waals surface area contributed by atoms with Crippen LogP contribution in [0.5, 0.6) is 0 Å². The molecule has 1 rings (SSSR count). The van der Waals surface area contributed by atoms with E-state index in [1.54, 1.807) is 0 Å². The zero-order chi connectivity index (χ0) is 18.0. The second-order valence-electron chi connectivity index (χ2n) is 6.66. The summed E-state index contributed by atoms with van der Waals surface area (Å²) in [7, 11) is 2.07. The Morgan fingerprint density at radius 3 is 2.52 bits per heavy atom. The summed E-state index contributed by atoms with van der Waals surface area (Å²) in [6.45, 7) is 7.37.